The molecule has 0 radical (unpaired) electrons. The van der Waals surface area contributed by atoms with Crippen LogP contribution in [0, 0.1) is 11.7 Å². The average Bonchev–Trinajstić information content (AvgIpc) is 3.03. The van der Waals surface area contributed by atoms with Crippen LogP contribution < -0.4 is 4.90 Å². The molecule has 24 heavy (non-hydrogen) atoms. The Morgan fingerprint density at radius 3 is 2.58 bits per heavy atom. The van der Waals surface area contributed by atoms with E-state index in [1.54, 1.807) is 4.90 Å². The lowest BCUT2D eigenvalue weighted by Gasteiger charge is -2.29. The number of ether oxygens (including phenoxy) is 1. The maximum Gasteiger partial charge on any atom is 0.417 e. The molecule has 3 heterocycles. The second-order valence-electron chi connectivity index (χ2n) is 5.90. The van der Waals surface area contributed by atoms with E-state index in [0.29, 0.717) is 51.5 Å². The maximum absolute atomic E-state index is 14.0. The van der Waals surface area contributed by atoms with Crippen LogP contribution in [0.4, 0.5) is 23.4 Å². The number of carbonyl (C=O) groups is 1. The first-order valence-corrected chi connectivity index (χ1v) is 7.70. The summed E-state index contributed by atoms with van der Waals surface area (Å²) in [6, 6.07) is 0.444. The Bertz CT molecular complexity index is 617. The number of hydrogen-bond donors (Lipinski definition) is 0. The van der Waals surface area contributed by atoms with Gasteiger partial charge in [-0.05, 0) is 12.5 Å². The van der Waals surface area contributed by atoms with Crippen molar-refractivity contribution in [3.63, 3.8) is 0 Å². The molecule has 1 aromatic rings. The minimum absolute atomic E-state index is 0.0203. The van der Waals surface area contributed by atoms with Gasteiger partial charge in [0.25, 0.3) is 0 Å². The zero-order valence-corrected chi connectivity index (χ0v) is 12.9. The molecule has 1 aromatic heterocycles. The van der Waals surface area contributed by atoms with E-state index in [9.17, 15) is 22.4 Å². The predicted octanol–water partition coefficient (Wildman–Crippen LogP) is 1.92. The van der Waals surface area contributed by atoms with Crippen LogP contribution >= 0.6 is 0 Å². The number of hydrogen-bond acceptors (Lipinski definition) is 4. The van der Waals surface area contributed by atoms with Gasteiger partial charge in [-0.15, -0.1) is 0 Å². The van der Waals surface area contributed by atoms with Crippen molar-refractivity contribution in [1.29, 1.82) is 0 Å². The van der Waals surface area contributed by atoms with E-state index in [0.717, 1.165) is 0 Å². The van der Waals surface area contributed by atoms with Crippen molar-refractivity contribution < 1.29 is 27.1 Å². The summed E-state index contributed by atoms with van der Waals surface area (Å²) in [7, 11) is 0. The van der Waals surface area contributed by atoms with Gasteiger partial charge in [0.1, 0.15) is 0 Å². The number of carbonyl (C=O) groups excluding carboxylic acids is 1. The monoisotopic (exact) mass is 347 g/mol. The van der Waals surface area contributed by atoms with Crippen LogP contribution in [0.3, 0.4) is 0 Å². The highest BCUT2D eigenvalue weighted by Crippen LogP contribution is 2.32. The molecule has 0 spiro atoms. The number of rotatable bonds is 2. The summed E-state index contributed by atoms with van der Waals surface area (Å²) in [5, 5.41) is 0. The highest BCUT2D eigenvalue weighted by atomic mass is 19.4. The van der Waals surface area contributed by atoms with Crippen LogP contribution in [0.15, 0.2) is 12.3 Å². The van der Waals surface area contributed by atoms with E-state index in [1.807, 2.05) is 0 Å². The molecule has 0 bridgehead atoms. The summed E-state index contributed by atoms with van der Waals surface area (Å²) in [5.74, 6) is -1.48. The van der Waals surface area contributed by atoms with Crippen LogP contribution in [0.1, 0.15) is 12.0 Å². The minimum Gasteiger partial charge on any atom is -0.378 e. The van der Waals surface area contributed by atoms with Gasteiger partial charge in [0.2, 0.25) is 5.91 Å². The summed E-state index contributed by atoms with van der Waals surface area (Å²) in [6.07, 6.45) is -3.49. The first-order chi connectivity index (χ1) is 11.4. The number of anilines is 1. The van der Waals surface area contributed by atoms with Crippen molar-refractivity contribution in [3.8, 4) is 0 Å². The first kappa shape index (κ1) is 16.9. The molecule has 2 saturated heterocycles. The molecule has 0 aliphatic carbocycles. The molecule has 1 amide bonds. The van der Waals surface area contributed by atoms with Crippen molar-refractivity contribution in [2.24, 2.45) is 5.92 Å². The topological polar surface area (TPSA) is 45.7 Å². The quantitative estimate of drug-likeness (QED) is 0.767. The van der Waals surface area contributed by atoms with Crippen molar-refractivity contribution in [2.75, 3.05) is 44.3 Å². The third-order valence-electron chi connectivity index (χ3n) is 4.31. The summed E-state index contributed by atoms with van der Waals surface area (Å²) in [4.78, 5) is 19.3. The molecule has 0 N–H and O–H groups in total. The van der Waals surface area contributed by atoms with E-state index in [4.69, 9.17) is 4.74 Å². The van der Waals surface area contributed by atoms with Gasteiger partial charge < -0.3 is 14.5 Å². The average molecular weight is 347 g/mol. The molecule has 1 atom stereocenters. The van der Waals surface area contributed by atoms with E-state index in [1.165, 1.54) is 4.90 Å². The van der Waals surface area contributed by atoms with Crippen molar-refractivity contribution in [2.45, 2.75) is 12.6 Å². The summed E-state index contributed by atoms with van der Waals surface area (Å²) in [5.41, 5.74) is -1.12. The Kier molecular flexibility index (Phi) is 4.62. The molecule has 2 aliphatic heterocycles. The molecule has 2 aliphatic rings. The van der Waals surface area contributed by atoms with Gasteiger partial charge in [-0.3, -0.25) is 4.79 Å². The second kappa shape index (κ2) is 6.54. The third-order valence-corrected chi connectivity index (χ3v) is 4.31. The number of aromatic nitrogens is 1. The summed E-state index contributed by atoms with van der Waals surface area (Å²) in [6.45, 7) is 2.69. The lowest BCUT2D eigenvalue weighted by atomic mass is 10.1. The van der Waals surface area contributed by atoms with Gasteiger partial charge in [0.15, 0.2) is 11.6 Å². The van der Waals surface area contributed by atoms with Crippen molar-refractivity contribution in [1.82, 2.24) is 9.88 Å². The van der Waals surface area contributed by atoms with Gasteiger partial charge in [-0.25, -0.2) is 9.37 Å². The molecule has 2 fully saturated rings. The highest BCUT2D eigenvalue weighted by molar-refractivity contribution is 5.80. The molecule has 9 heteroatoms. The second-order valence-corrected chi connectivity index (χ2v) is 5.90. The first-order valence-electron chi connectivity index (χ1n) is 7.70. The zero-order valence-electron chi connectivity index (χ0n) is 12.9. The Morgan fingerprint density at radius 1 is 1.25 bits per heavy atom. The fraction of sp³-hybridized carbons (Fsp3) is 0.600. The summed E-state index contributed by atoms with van der Waals surface area (Å²) >= 11 is 0. The van der Waals surface area contributed by atoms with Crippen LogP contribution in [0.25, 0.3) is 0 Å². The number of nitrogens with zero attached hydrogens (tertiary/aromatic N) is 3. The van der Waals surface area contributed by atoms with Gasteiger partial charge in [0, 0.05) is 32.4 Å². The lowest BCUT2D eigenvalue weighted by Crippen LogP contribution is -2.44. The molecule has 0 saturated carbocycles. The van der Waals surface area contributed by atoms with Gasteiger partial charge in [-0.1, -0.05) is 0 Å². The molecular formula is C15H17F4N3O2. The molecule has 1 unspecified atom stereocenters. The number of pyridine rings is 1. The number of alkyl halides is 3. The highest BCUT2D eigenvalue weighted by Gasteiger charge is 2.35. The van der Waals surface area contributed by atoms with E-state index < -0.39 is 17.6 Å². The van der Waals surface area contributed by atoms with Crippen LogP contribution in [-0.2, 0) is 15.7 Å². The van der Waals surface area contributed by atoms with Crippen LogP contribution in [0.5, 0.6) is 0 Å². The predicted molar refractivity (Wildman–Crippen MR) is 76.9 cm³/mol. The lowest BCUT2D eigenvalue weighted by molar-refractivity contribution is -0.139. The third kappa shape index (κ3) is 3.45. The Labute approximate surface area is 136 Å². The molecular weight excluding hydrogens is 330 g/mol. The van der Waals surface area contributed by atoms with E-state index in [-0.39, 0.29) is 24.2 Å². The number of amides is 1. The summed E-state index contributed by atoms with van der Waals surface area (Å²) < 4.78 is 56.9. The van der Waals surface area contributed by atoms with Crippen LogP contribution in [-0.4, -0.2) is 55.2 Å². The maximum atomic E-state index is 14.0. The Balaban J connectivity index is 1.68. The molecule has 0 aromatic carbocycles. The largest absolute Gasteiger partial charge is 0.417 e. The van der Waals surface area contributed by atoms with Crippen molar-refractivity contribution in [3.05, 3.63) is 23.6 Å². The standard InChI is InChI=1S/C15H17F4N3O2/c16-12-7-11(15(17,18)19)8-20-13(12)22-2-1-10(9-22)14(23)21-3-5-24-6-4-21/h7-8,10H,1-6,9H2. The fourth-order valence-electron chi connectivity index (χ4n) is 3.01. The SMILES string of the molecule is O=C(C1CCN(c2ncc(C(F)(F)F)cc2F)C1)N1CCOCC1. The van der Waals surface area contributed by atoms with Gasteiger partial charge >= 0.3 is 6.18 Å². The molecule has 132 valence electrons. The Hall–Kier alpha value is -1.90. The van der Waals surface area contributed by atoms with Crippen molar-refractivity contribution >= 4 is 11.7 Å². The van der Waals surface area contributed by atoms with Crippen LogP contribution in [0.2, 0.25) is 0 Å². The smallest absolute Gasteiger partial charge is 0.378 e. The van der Waals surface area contributed by atoms with Gasteiger partial charge in [0.05, 0.1) is 24.7 Å². The van der Waals surface area contributed by atoms with Gasteiger partial charge in [-0.2, -0.15) is 13.2 Å². The Morgan fingerprint density at radius 2 is 1.96 bits per heavy atom. The molecule has 5 nitrogen and oxygen atoms in total. The fourth-order valence-corrected chi connectivity index (χ4v) is 3.01. The normalized spacial score (nSPS) is 22.1. The van der Waals surface area contributed by atoms with E-state index in [2.05, 4.69) is 4.98 Å². The zero-order chi connectivity index (χ0) is 17.3. The minimum atomic E-state index is -4.63. The molecule has 3 rings (SSSR count). The number of morpholine rings is 1. The van der Waals surface area contributed by atoms with E-state index >= 15 is 0 Å². The number of halogens is 4.